The maximum atomic E-state index is 14.0. The van der Waals surface area contributed by atoms with Crippen LogP contribution < -0.4 is 11.1 Å². The number of nitrogens with two attached hydrogens (primary N) is 1. The van der Waals surface area contributed by atoms with E-state index in [1.54, 1.807) is 32.0 Å². The lowest BCUT2D eigenvalue weighted by Crippen LogP contribution is -2.65. The molecule has 2 aromatic rings. The molecular weight excluding hydrogens is 450 g/mol. The quantitative estimate of drug-likeness (QED) is 0.267. The fourth-order valence-electron chi connectivity index (χ4n) is 4.47. The molecule has 1 unspecified atom stereocenters. The minimum absolute atomic E-state index is 0.0611. The Morgan fingerprint density at radius 2 is 1.83 bits per heavy atom. The SMILES string of the molecule is CC(C)[C@H](N)C(=O)N1CCC[C@]1(C(=O)NC(C=O)CCC(=O)O)C(=O)c1ccc2ccccc2c1. The molecule has 0 bridgehead atoms. The minimum Gasteiger partial charge on any atom is -0.481 e. The molecule has 1 aliphatic rings. The van der Waals surface area contributed by atoms with Gasteiger partial charge in [0.25, 0.3) is 5.91 Å². The molecule has 9 nitrogen and oxygen atoms in total. The Morgan fingerprint density at radius 1 is 1.14 bits per heavy atom. The molecule has 1 fully saturated rings. The molecule has 2 aromatic carbocycles. The Morgan fingerprint density at radius 3 is 2.46 bits per heavy atom. The summed E-state index contributed by atoms with van der Waals surface area (Å²) in [6, 6.07) is 10.5. The van der Waals surface area contributed by atoms with E-state index in [2.05, 4.69) is 5.32 Å². The summed E-state index contributed by atoms with van der Waals surface area (Å²) in [7, 11) is 0. The highest BCUT2D eigenvalue weighted by molar-refractivity contribution is 6.21. The molecule has 35 heavy (non-hydrogen) atoms. The maximum Gasteiger partial charge on any atom is 0.303 e. The van der Waals surface area contributed by atoms with Gasteiger partial charge in [-0.05, 0) is 42.0 Å². The van der Waals surface area contributed by atoms with Gasteiger partial charge in [0.05, 0.1) is 12.1 Å². The van der Waals surface area contributed by atoms with Gasteiger partial charge in [-0.15, -0.1) is 0 Å². The number of likely N-dealkylation sites (tertiary alicyclic amines) is 1. The zero-order chi connectivity index (χ0) is 25.8. The van der Waals surface area contributed by atoms with Crippen LogP contribution in [-0.4, -0.2) is 64.0 Å². The van der Waals surface area contributed by atoms with Gasteiger partial charge in [-0.2, -0.15) is 0 Å². The number of aldehydes is 1. The predicted octanol–water partition coefficient (Wildman–Crippen LogP) is 1.92. The zero-order valence-electron chi connectivity index (χ0n) is 19.9. The fourth-order valence-corrected chi connectivity index (χ4v) is 4.47. The summed E-state index contributed by atoms with van der Waals surface area (Å²) in [6.45, 7) is 3.71. The number of carboxylic acids is 1. The minimum atomic E-state index is -1.89. The maximum absolute atomic E-state index is 14.0. The number of fused-ring (bicyclic) bond motifs is 1. The number of hydrogen-bond donors (Lipinski definition) is 3. The van der Waals surface area contributed by atoms with E-state index >= 15 is 0 Å². The van der Waals surface area contributed by atoms with E-state index in [1.165, 1.54) is 4.90 Å². The first-order valence-corrected chi connectivity index (χ1v) is 11.7. The largest absolute Gasteiger partial charge is 0.481 e. The van der Waals surface area contributed by atoms with Gasteiger partial charge in [0, 0.05) is 18.5 Å². The first-order chi connectivity index (χ1) is 16.6. The van der Waals surface area contributed by atoms with Crippen molar-refractivity contribution in [3.05, 3.63) is 48.0 Å². The van der Waals surface area contributed by atoms with Gasteiger partial charge in [0.2, 0.25) is 5.91 Å². The Bertz CT molecular complexity index is 1150. The van der Waals surface area contributed by atoms with Gasteiger partial charge in [-0.1, -0.05) is 50.2 Å². The summed E-state index contributed by atoms with van der Waals surface area (Å²) in [5, 5.41) is 13.2. The number of carbonyl (C=O) groups is 5. The summed E-state index contributed by atoms with van der Waals surface area (Å²) in [5.41, 5.74) is 4.49. The highest BCUT2D eigenvalue weighted by Gasteiger charge is 2.56. The van der Waals surface area contributed by atoms with E-state index in [4.69, 9.17) is 10.8 Å². The monoisotopic (exact) mass is 481 g/mol. The summed E-state index contributed by atoms with van der Waals surface area (Å²) in [4.78, 5) is 64.8. The highest BCUT2D eigenvalue weighted by Crippen LogP contribution is 2.35. The number of Topliss-reactive ketones (excluding diaryl/α,β-unsaturated/α-hetero) is 1. The Hall–Kier alpha value is -3.59. The van der Waals surface area contributed by atoms with Crippen LogP contribution in [0.15, 0.2) is 42.5 Å². The van der Waals surface area contributed by atoms with E-state index < -0.39 is 41.2 Å². The van der Waals surface area contributed by atoms with Crippen LogP contribution >= 0.6 is 0 Å². The van der Waals surface area contributed by atoms with E-state index in [-0.39, 0.29) is 37.3 Å². The molecule has 2 amide bonds. The van der Waals surface area contributed by atoms with Crippen molar-refractivity contribution in [2.75, 3.05) is 6.54 Å². The van der Waals surface area contributed by atoms with Crippen LogP contribution in [0.2, 0.25) is 0 Å². The van der Waals surface area contributed by atoms with Crippen LogP contribution in [0, 0.1) is 5.92 Å². The van der Waals surface area contributed by atoms with Crippen LogP contribution in [0.4, 0.5) is 0 Å². The molecule has 3 rings (SSSR count). The van der Waals surface area contributed by atoms with E-state index in [0.717, 1.165) is 10.8 Å². The molecule has 0 aliphatic carbocycles. The van der Waals surface area contributed by atoms with Gasteiger partial charge in [0.1, 0.15) is 6.29 Å². The lowest BCUT2D eigenvalue weighted by molar-refractivity contribution is -0.144. The first-order valence-electron chi connectivity index (χ1n) is 11.7. The molecule has 3 atom stereocenters. The van der Waals surface area contributed by atoms with Crippen molar-refractivity contribution < 1.29 is 29.1 Å². The van der Waals surface area contributed by atoms with Crippen molar-refractivity contribution in [2.24, 2.45) is 11.7 Å². The molecule has 0 aromatic heterocycles. The number of rotatable bonds is 10. The average molecular weight is 482 g/mol. The Balaban J connectivity index is 2.05. The Labute approximate surface area is 203 Å². The van der Waals surface area contributed by atoms with E-state index in [1.807, 2.05) is 24.3 Å². The number of ketones is 1. The molecule has 1 heterocycles. The molecule has 1 saturated heterocycles. The molecule has 0 saturated carbocycles. The number of nitrogens with zero attached hydrogens (tertiary/aromatic N) is 1. The molecular formula is C26H31N3O6. The number of carbonyl (C=O) groups excluding carboxylic acids is 4. The second kappa shape index (κ2) is 10.8. The molecule has 0 radical (unpaired) electrons. The first kappa shape index (κ1) is 26.0. The fraction of sp³-hybridized carbons (Fsp3) is 0.423. The highest BCUT2D eigenvalue weighted by atomic mass is 16.4. The van der Waals surface area contributed by atoms with Crippen LogP contribution in [0.3, 0.4) is 0 Å². The smallest absolute Gasteiger partial charge is 0.303 e. The molecule has 186 valence electrons. The summed E-state index contributed by atoms with van der Waals surface area (Å²) in [6.07, 6.45) is 0.423. The van der Waals surface area contributed by atoms with Crippen LogP contribution in [0.25, 0.3) is 10.8 Å². The van der Waals surface area contributed by atoms with E-state index in [9.17, 15) is 24.0 Å². The van der Waals surface area contributed by atoms with Crippen molar-refractivity contribution in [3.8, 4) is 0 Å². The van der Waals surface area contributed by atoms with E-state index in [0.29, 0.717) is 12.7 Å². The molecule has 0 spiro atoms. The lowest BCUT2D eigenvalue weighted by Gasteiger charge is -2.38. The standard InChI is InChI=1S/C26H31N3O6/c1-16(2)22(27)24(34)29-13-5-12-26(29,25(35)28-20(15-30)10-11-21(31)32)23(33)19-9-8-17-6-3-4-7-18(17)14-19/h3-4,6-9,14-16,20,22H,5,10-13,27H2,1-2H3,(H,28,35)(H,31,32)/t20?,22-,26+/m0/s1. The van der Waals surface area contributed by atoms with Crippen molar-refractivity contribution in [1.29, 1.82) is 0 Å². The number of aliphatic carboxylic acids is 1. The van der Waals surface area contributed by atoms with Crippen molar-refractivity contribution in [2.45, 2.75) is 57.2 Å². The second-order valence-corrected chi connectivity index (χ2v) is 9.26. The van der Waals surface area contributed by atoms with Gasteiger partial charge < -0.3 is 25.9 Å². The van der Waals surface area contributed by atoms with Gasteiger partial charge in [-0.3, -0.25) is 19.2 Å². The normalized spacial score (nSPS) is 19.4. The van der Waals surface area contributed by atoms with Crippen LogP contribution in [0.5, 0.6) is 0 Å². The summed E-state index contributed by atoms with van der Waals surface area (Å²) < 4.78 is 0. The van der Waals surface area contributed by atoms with Gasteiger partial charge >= 0.3 is 5.97 Å². The second-order valence-electron chi connectivity index (χ2n) is 9.26. The number of hydrogen-bond acceptors (Lipinski definition) is 6. The number of nitrogens with one attached hydrogen (secondary N) is 1. The zero-order valence-corrected chi connectivity index (χ0v) is 19.9. The summed E-state index contributed by atoms with van der Waals surface area (Å²) >= 11 is 0. The lowest BCUT2D eigenvalue weighted by atomic mass is 9.84. The average Bonchev–Trinajstić information content (AvgIpc) is 3.30. The number of benzene rings is 2. The molecule has 9 heteroatoms. The predicted molar refractivity (Wildman–Crippen MR) is 130 cm³/mol. The third-order valence-electron chi connectivity index (χ3n) is 6.56. The van der Waals surface area contributed by atoms with Crippen molar-refractivity contribution >= 4 is 40.6 Å². The third-order valence-corrected chi connectivity index (χ3v) is 6.56. The van der Waals surface area contributed by atoms with Crippen molar-refractivity contribution in [3.63, 3.8) is 0 Å². The number of carboxylic acid groups (broad SMARTS) is 1. The van der Waals surface area contributed by atoms with Gasteiger partial charge in [0.15, 0.2) is 11.3 Å². The van der Waals surface area contributed by atoms with Crippen LogP contribution in [0.1, 0.15) is 49.9 Å². The third kappa shape index (κ3) is 5.24. The van der Waals surface area contributed by atoms with Crippen LogP contribution in [-0.2, 0) is 19.2 Å². The Kier molecular flexibility index (Phi) is 8.01. The topological polar surface area (TPSA) is 147 Å². The van der Waals surface area contributed by atoms with Gasteiger partial charge in [-0.25, -0.2) is 0 Å². The number of amides is 2. The summed E-state index contributed by atoms with van der Waals surface area (Å²) in [5.74, 6) is -3.23. The van der Waals surface area contributed by atoms with Crippen molar-refractivity contribution in [1.82, 2.24) is 10.2 Å². The molecule has 1 aliphatic heterocycles. The molecule has 4 N–H and O–H groups in total.